The maximum Gasteiger partial charge on any atom is 0.286 e. The summed E-state index contributed by atoms with van der Waals surface area (Å²) in [5.41, 5.74) is 2.90. The Bertz CT molecular complexity index is 1780. The number of hydrogen-bond donors (Lipinski definition) is 1. The van der Waals surface area contributed by atoms with Gasteiger partial charge >= 0.3 is 0 Å². The van der Waals surface area contributed by atoms with Crippen LogP contribution in [0.1, 0.15) is 43.9 Å². The van der Waals surface area contributed by atoms with E-state index in [-0.39, 0.29) is 44.5 Å². The van der Waals surface area contributed by atoms with Crippen molar-refractivity contribution in [2.45, 2.75) is 139 Å². The fraction of sp³-hybridized carbons (Fsp3) is 0.609. The third kappa shape index (κ3) is 11.1. The lowest BCUT2D eigenvalue weighted by atomic mass is 9.98. The highest BCUT2D eigenvalue weighted by molar-refractivity contribution is 6.74. The summed E-state index contributed by atoms with van der Waals surface area (Å²) in [5, 5.41) is 11.4. The van der Waals surface area contributed by atoms with E-state index in [0.29, 0.717) is 6.61 Å². The molecule has 1 N–H and O–H groups in total. The highest BCUT2D eigenvalue weighted by Crippen LogP contribution is 2.46. The predicted octanol–water partition coefficient (Wildman–Crippen LogP) is 6.12. The highest BCUT2D eigenvalue weighted by Gasteiger charge is 2.61. The topological polar surface area (TPSA) is 140 Å². The van der Waals surface area contributed by atoms with E-state index in [1.54, 1.807) is 14.2 Å². The molecule has 4 fully saturated rings. The van der Waals surface area contributed by atoms with Crippen LogP contribution in [0.3, 0.4) is 0 Å². The maximum atomic E-state index is 11.5. The molecule has 15 heteroatoms. The van der Waals surface area contributed by atoms with Gasteiger partial charge in [0.15, 0.2) is 20.9 Å². The normalized spacial score (nSPS) is 33.1. The first-order valence-electron chi connectivity index (χ1n) is 21.2. The quantitative estimate of drug-likeness (QED) is 0.156. The first-order valence-corrected chi connectivity index (χ1v) is 24.1. The molecule has 0 aliphatic carbocycles. The summed E-state index contributed by atoms with van der Waals surface area (Å²) in [5.74, 6) is -0.684. The van der Waals surface area contributed by atoms with Crippen molar-refractivity contribution in [2.75, 3.05) is 41.2 Å². The first kappa shape index (κ1) is 46.2. The molecule has 3 aromatic rings. The molecule has 61 heavy (non-hydrogen) atoms. The van der Waals surface area contributed by atoms with Crippen molar-refractivity contribution in [3.8, 4) is 5.75 Å². The minimum atomic E-state index is -2.31. The third-order valence-electron chi connectivity index (χ3n) is 12.3. The molecule has 7 rings (SSSR count). The number of aliphatic hydroxyl groups is 1. The van der Waals surface area contributed by atoms with Gasteiger partial charge in [-0.3, -0.25) is 0 Å². The highest BCUT2D eigenvalue weighted by atomic mass is 28.4. The average Bonchev–Trinajstić information content (AvgIpc) is 3.61. The van der Waals surface area contributed by atoms with Crippen LogP contribution in [0.15, 0.2) is 84.9 Å². The van der Waals surface area contributed by atoms with Gasteiger partial charge in [-0.05, 0) is 47.0 Å². The van der Waals surface area contributed by atoms with E-state index in [1.165, 1.54) is 7.11 Å². The van der Waals surface area contributed by atoms with Crippen LogP contribution in [0, 0.1) is 0 Å². The maximum absolute atomic E-state index is 11.5. The summed E-state index contributed by atoms with van der Waals surface area (Å²) in [7, 11) is 2.41. The van der Waals surface area contributed by atoms with Crippen LogP contribution < -0.4 is 4.74 Å². The fourth-order valence-electron chi connectivity index (χ4n) is 7.82. The molecule has 336 valence electrons. The van der Waals surface area contributed by atoms with Crippen LogP contribution in [0.5, 0.6) is 5.75 Å². The zero-order chi connectivity index (χ0) is 43.2. The van der Waals surface area contributed by atoms with Gasteiger partial charge in [0.2, 0.25) is 0 Å². The first-order chi connectivity index (χ1) is 29.3. The molecule has 4 aliphatic heterocycles. The van der Waals surface area contributed by atoms with Gasteiger partial charge in [0.05, 0.1) is 59.3 Å². The number of benzene rings is 3. The Kier molecular flexibility index (Phi) is 15.4. The molecular weight excluding hydrogens is 805 g/mol. The zero-order valence-corrected chi connectivity index (χ0v) is 37.6. The molecule has 0 amide bonds. The summed E-state index contributed by atoms with van der Waals surface area (Å²) in [6, 6.07) is 27.4. The van der Waals surface area contributed by atoms with Crippen molar-refractivity contribution in [3.05, 3.63) is 102 Å². The van der Waals surface area contributed by atoms with Crippen molar-refractivity contribution in [3.63, 3.8) is 0 Å². The molecule has 12 atom stereocenters. The van der Waals surface area contributed by atoms with Crippen molar-refractivity contribution >= 4 is 8.32 Å². The van der Waals surface area contributed by atoms with Gasteiger partial charge in [0.25, 0.3) is 5.97 Å². The van der Waals surface area contributed by atoms with E-state index in [1.807, 2.05) is 84.9 Å². The number of methoxy groups -OCH3 is 3. The van der Waals surface area contributed by atoms with Gasteiger partial charge in [0.1, 0.15) is 54.6 Å². The molecule has 4 saturated heterocycles. The summed E-state index contributed by atoms with van der Waals surface area (Å²) in [4.78, 5) is 0. The number of hydrogen-bond acceptors (Lipinski definition) is 14. The Morgan fingerprint density at radius 2 is 1.34 bits per heavy atom. The average molecular weight is 869 g/mol. The molecule has 0 unspecified atom stereocenters. The number of rotatable bonds is 17. The van der Waals surface area contributed by atoms with Crippen LogP contribution in [-0.4, -0.2) is 128 Å². The molecule has 0 saturated carbocycles. The SMILES string of the molecule is COC[C@H]1O[C@@H](O[C@@H]2OC[C@@H]3O[C@]4(C[C@@H](O[Si](C)(C)C(C)(C)C)[C@H](OCc5ccc(OC)cc5)CO4)O[C@H]3[C@H]2OCc2ccccc2)[C@@H](OC)[C@@H](OCc2ccccc2)[C@@H]1O. The monoisotopic (exact) mass is 868 g/mol. The Morgan fingerprint density at radius 1 is 0.721 bits per heavy atom. The molecule has 4 heterocycles. The van der Waals surface area contributed by atoms with Crippen molar-refractivity contribution in [1.29, 1.82) is 0 Å². The summed E-state index contributed by atoms with van der Waals surface area (Å²) >= 11 is 0. The van der Waals surface area contributed by atoms with Crippen LogP contribution in [0.4, 0.5) is 0 Å². The number of ether oxygens (including phenoxy) is 12. The van der Waals surface area contributed by atoms with E-state index in [4.69, 9.17) is 61.3 Å². The predicted molar refractivity (Wildman–Crippen MR) is 225 cm³/mol. The van der Waals surface area contributed by atoms with E-state index < -0.39 is 81.8 Å². The van der Waals surface area contributed by atoms with Gasteiger partial charge in [-0.1, -0.05) is 93.6 Å². The van der Waals surface area contributed by atoms with E-state index >= 15 is 0 Å². The Labute approximate surface area is 361 Å². The largest absolute Gasteiger partial charge is 0.497 e. The van der Waals surface area contributed by atoms with E-state index in [0.717, 1.165) is 22.4 Å². The van der Waals surface area contributed by atoms with Crippen molar-refractivity contribution < 1.29 is 66.4 Å². The molecule has 0 aromatic heterocycles. The fourth-order valence-corrected chi connectivity index (χ4v) is 9.17. The molecule has 4 aliphatic rings. The number of aliphatic hydroxyl groups excluding tert-OH is 1. The standard InChI is InChI=1S/C46H64O14Si/c1-45(2,3)61(7,8)60-34-23-46(55-29-35(34)51-24-32-19-21-33(49-5)22-20-32)58-37-28-54-43(42(39(37)59-46)53-26-31-17-13-10-14-18-31)57-44-41(50-6)40(38(47)36(56-44)27-48-4)52-25-30-15-11-9-12-16-30/h9-22,34-44,47H,23-29H2,1-8H3/t34-,35-,36-,37+,38-,39-,40+,41+,42-,43+,44+,46-/m1/s1. The Balaban J connectivity index is 1.11. The molecule has 14 nitrogen and oxygen atoms in total. The Hall–Kier alpha value is -2.84. The Morgan fingerprint density at radius 3 is 1.95 bits per heavy atom. The van der Waals surface area contributed by atoms with Gasteiger partial charge < -0.3 is 66.4 Å². The second-order valence-corrected chi connectivity index (χ2v) is 22.4. The summed E-state index contributed by atoms with van der Waals surface area (Å²) < 4.78 is 83.0. The van der Waals surface area contributed by atoms with Crippen molar-refractivity contribution in [2.24, 2.45) is 0 Å². The summed E-state index contributed by atoms with van der Waals surface area (Å²) in [6.07, 6.45) is -8.20. The van der Waals surface area contributed by atoms with Gasteiger partial charge in [-0.25, -0.2) is 0 Å². The van der Waals surface area contributed by atoms with Gasteiger partial charge in [-0.15, -0.1) is 0 Å². The second-order valence-electron chi connectivity index (χ2n) is 17.6. The lowest BCUT2D eigenvalue weighted by molar-refractivity contribution is -0.383. The van der Waals surface area contributed by atoms with Crippen LogP contribution >= 0.6 is 0 Å². The van der Waals surface area contributed by atoms with Gasteiger partial charge in [0, 0.05) is 14.2 Å². The number of fused-ring (bicyclic) bond motifs is 1. The summed E-state index contributed by atoms with van der Waals surface area (Å²) in [6.45, 7) is 12.3. The molecule has 3 aromatic carbocycles. The van der Waals surface area contributed by atoms with E-state index in [2.05, 4.69) is 33.9 Å². The van der Waals surface area contributed by atoms with Crippen LogP contribution in [0.2, 0.25) is 18.1 Å². The van der Waals surface area contributed by atoms with Crippen molar-refractivity contribution in [1.82, 2.24) is 0 Å². The van der Waals surface area contributed by atoms with E-state index in [9.17, 15) is 5.11 Å². The lowest BCUT2D eigenvalue weighted by Crippen LogP contribution is -2.63. The second kappa shape index (κ2) is 20.3. The minimum Gasteiger partial charge on any atom is -0.497 e. The third-order valence-corrected chi connectivity index (χ3v) is 16.8. The molecule has 0 bridgehead atoms. The molecular formula is C46H64O14Si. The molecule has 0 radical (unpaired) electrons. The van der Waals surface area contributed by atoms with Gasteiger partial charge in [-0.2, -0.15) is 0 Å². The van der Waals surface area contributed by atoms with Crippen LogP contribution in [0.25, 0.3) is 0 Å². The lowest BCUT2D eigenvalue weighted by Gasteiger charge is -2.46. The van der Waals surface area contributed by atoms with Crippen LogP contribution in [-0.2, 0) is 76.4 Å². The zero-order valence-electron chi connectivity index (χ0n) is 36.6. The molecule has 1 spiro atoms. The minimum absolute atomic E-state index is 0.0652. The smallest absolute Gasteiger partial charge is 0.286 e.